The molecule has 0 saturated carbocycles. The molecule has 0 amide bonds. The number of aromatic amines is 2. The molecule has 0 aliphatic rings. The Morgan fingerprint density at radius 1 is 0.591 bits per heavy atom. The molecule has 106 valence electrons. The molecule has 0 fully saturated rings. The fourth-order valence-corrected chi connectivity index (χ4v) is 2.68. The molecule has 5 aromatic rings. The van der Waals surface area contributed by atoms with E-state index >= 15 is 0 Å². The number of benzene rings is 3. The number of hydrogen-bond acceptors (Lipinski definition) is 1. The normalized spacial score (nSPS) is 10.7. The Morgan fingerprint density at radius 2 is 1.14 bits per heavy atom. The van der Waals surface area contributed by atoms with E-state index in [-0.39, 0.29) is 0 Å². The van der Waals surface area contributed by atoms with Crippen LogP contribution in [0, 0.1) is 0 Å². The van der Waals surface area contributed by atoms with Crippen molar-refractivity contribution in [3.8, 4) is 0 Å². The first kappa shape index (κ1) is 12.7. The van der Waals surface area contributed by atoms with Crippen LogP contribution in [-0.4, -0.2) is 15.2 Å². The SMILES string of the molecule is c1ccc2[nH]ncc2c1.c1ccc2c(c1)[nH]c1ccccc12. The summed E-state index contributed by atoms with van der Waals surface area (Å²) in [5.74, 6) is 0. The van der Waals surface area contributed by atoms with Gasteiger partial charge in [-0.05, 0) is 18.2 Å². The third-order valence-electron chi connectivity index (χ3n) is 3.76. The standard InChI is InChI=1S/C12H9N.C7H6N2/c1-3-7-11-9(5-1)10-6-2-4-8-12(10)13-11;1-2-4-7-6(3-1)5-8-9-7/h1-8,13H;1-5H,(H,8,9). The molecular formula is C19H15N3. The number of nitrogens with one attached hydrogen (secondary N) is 2. The molecular weight excluding hydrogens is 270 g/mol. The molecule has 0 aliphatic carbocycles. The Hall–Kier alpha value is -3.07. The topological polar surface area (TPSA) is 44.5 Å². The average molecular weight is 285 g/mol. The van der Waals surface area contributed by atoms with Crippen LogP contribution in [0.15, 0.2) is 79.0 Å². The lowest BCUT2D eigenvalue weighted by Gasteiger charge is -1.87. The number of fused-ring (bicyclic) bond motifs is 4. The molecule has 2 aromatic heterocycles. The number of aromatic nitrogens is 3. The minimum atomic E-state index is 1.09. The van der Waals surface area contributed by atoms with Crippen molar-refractivity contribution < 1.29 is 0 Å². The van der Waals surface area contributed by atoms with Gasteiger partial charge in [-0.25, -0.2) is 0 Å². The van der Waals surface area contributed by atoms with Crippen molar-refractivity contribution in [2.75, 3.05) is 0 Å². The predicted octanol–water partition coefficient (Wildman–Crippen LogP) is 4.88. The van der Waals surface area contributed by atoms with Gasteiger partial charge in [0.2, 0.25) is 0 Å². The van der Waals surface area contributed by atoms with Crippen LogP contribution in [0.25, 0.3) is 32.7 Å². The lowest BCUT2D eigenvalue weighted by Crippen LogP contribution is -1.63. The summed E-state index contributed by atoms with van der Waals surface area (Å²) in [6, 6.07) is 24.8. The van der Waals surface area contributed by atoms with Crippen LogP contribution in [-0.2, 0) is 0 Å². The van der Waals surface area contributed by atoms with E-state index in [1.807, 2.05) is 30.5 Å². The maximum absolute atomic E-state index is 3.88. The monoisotopic (exact) mass is 285 g/mol. The molecule has 3 nitrogen and oxygen atoms in total. The van der Waals surface area contributed by atoms with E-state index in [0.29, 0.717) is 0 Å². The quantitative estimate of drug-likeness (QED) is 0.418. The molecule has 2 N–H and O–H groups in total. The van der Waals surface area contributed by atoms with Crippen LogP contribution in [0.3, 0.4) is 0 Å². The highest BCUT2D eigenvalue weighted by Gasteiger charge is 2.00. The van der Waals surface area contributed by atoms with Gasteiger partial charge in [-0.2, -0.15) is 5.10 Å². The number of nitrogens with zero attached hydrogens (tertiary/aromatic N) is 1. The minimum absolute atomic E-state index is 1.09. The maximum Gasteiger partial charge on any atom is 0.0650 e. The van der Waals surface area contributed by atoms with Gasteiger partial charge in [0.15, 0.2) is 0 Å². The first-order valence-corrected chi connectivity index (χ1v) is 7.25. The van der Waals surface area contributed by atoms with E-state index in [4.69, 9.17) is 0 Å². The zero-order valence-corrected chi connectivity index (χ0v) is 12.0. The average Bonchev–Trinajstić information content (AvgIpc) is 3.19. The second-order valence-corrected chi connectivity index (χ2v) is 5.17. The van der Waals surface area contributed by atoms with Gasteiger partial charge in [0.1, 0.15) is 0 Å². The highest BCUT2D eigenvalue weighted by molar-refractivity contribution is 6.06. The Kier molecular flexibility index (Phi) is 3.09. The first-order chi connectivity index (χ1) is 10.9. The van der Waals surface area contributed by atoms with Crippen LogP contribution < -0.4 is 0 Å². The summed E-state index contributed by atoms with van der Waals surface area (Å²) in [4.78, 5) is 3.38. The van der Waals surface area contributed by atoms with Gasteiger partial charge in [0.05, 0.1) is 11.7 Å². The number of para-hydroxylation sites is 3. The molecule has 22 heavy (non-hydrogen) atoms. The molecule has 0 unspecified atom stereocenters. The van der Waals surface area contributed by atoms with Gasteiger partial charge in [0, 0.05) is 27.2 Å². The summed E-state index contributed by atoms with van der Waals surface area (Å²) in [6.07, 6.45) is 1.81. The summed E-state index contributed by atoms with van der Waals surface area (Å²) in [5, 5.41) is 10.5. The summed E-state index contributed by atoms with van der Waals surface area (Å²) < 4.78 is 0. The van der Waals surface area contributed by atoms with Gasteiger partial charge in [0.25, 0.3) is 0 Å². The Bertz CT molecular complexity index is 960. The molecule has 0 saturated heterocycles. The fraction of sp³-hybridized carbons (Fsp3) is 0. The Balaban J connectivity index is 0.000000122. The second kappa shape index (κ2) is 5.37. The van der Waals surface area contributed by atoms with Crippen molar-refractivity contribution in [1.82, 2.24) is 15.2 Å². The van der Waals surface area contributed by atoms with Crippen molar-refractivity contribution in [2.24, 2.45) is 0 Å². The molecule has 0 atom stereocenters. The number of rotatable bonds is 0. The third kappa shape index (κ3) is 2.23. The van der Waals surface area contributed by atoms with Crippen molar-refractivity contribution in [3.63, 3.8) is 0 Å². The van der Waals surface area contributed by atoms with Crippen LogP contribution in [0.5, 0.6) is 0 Å². The van der Waals surface area contributed by atoms with Crippen LogP contribution in [0.4, 0.5) is 0 Å². The van der Waals surface area contributed by atoms with E-state index in [9.17, 15) is 0 Å². The minimum Gasteiger partial charge on any atom is -0.355 e. The molecule has 2 heterocycles. The Morgan fingerprint density at radius 3 is 1.77 bits per heavy atom. The third-order valence-corrected chi connectivity index (χ3v) is 3.76. The number of H-pyrrole nitrogens is 2. The molecule has 3 aromatic carbocycles. The van der Waals surface area contributed by atoms with Gasteiger partial charge in [-0.15, -0.1) is 0 Å². The fourth-order valence-electron chi connectivity index (χ4n) is 2.68. The number of hydrogen-bond donors (Lipinski definition) is 2. The van der Waals surface area contributed by atoms with Crippen LogP contribution in [0.2, 0.25) is 0 Å². The smallest absolute Gasteiger partial charge is 0.0650 e. The van der Waals surface area contributed by atoms with Crippen molar-refractivity contribution in [3.05, 3.63) is 79.0 Å². The molecule has 0 bridgehead atoms. The highest BCUT2D eigenvalue weighted by atomic mass is 15.1. The summed E-state index contributed by atoms with van der Waals surface area (Å²) in [5.41, 5.74) is 3.52. The molecule has 5 rings (SSSR count). The van der Waals surface area contributed by atoms with E-state index in [2.05, 4.69) is 63.7 Å². The molecule has 0 spiro atoms. The summed E-state index contributed by atoms with van der Waals surface area (Å²) >= 11 is 0. The molecule has 0 radical (unpaired) electrons. The molecule has 3 heteroatoms. The lowest BCUT2D eigenvalue weighted by molar-refractivity contribution is 1.12. The zero-order valence-electron chi connectivity index (χ0n) is 12.0. The van der Waals surface area contributed by atoms with E-state index in [1.165, 1.54) is 21.8 Å². The van der Waals surface area contributed by atoms with E-state index in [0.717, 1.165) is 10.9 Å². The van der Waals surface area contributed by atoms with Gasteiger partial charge in [-0.1, -0.05) is 54.6 Å². The molecule has 0 aliphatic heterocycles. The highest BCUT2D eigenvalue weighted by Crippen LogP contribution is 2.24. The maximum atomic E-state index is 3.88. The van der Waals surface area contributed by atoms with Crippen molar-refractivity contribution >= 4 is 32.7 Å². The summed E-state index contributed by atoms with van der Waals surface area (Å²) in [7, 11) is 0. The van der Waals surface area contributed by atoms with Gasteiger partial charge in [-0.3, -0.25) is 5.10 Å². The van der Waals surface area contributed by atoms with E-state index < -0.39 is 0 Å². The van der Waals surface area contributed by atoms with Crippen molar-refractivity contribution in [2.45, 2.75) is 0 Å². The van der Waals surface area contributed by atoms with Crippen molar-refractivity contribution in [1.29, 1.82) is 0 Å². The lowest BCUT2D eigenvalue weighted by atomic mass is 10.2. The first-order valence-electron chi connectivity index (χ1n) is 7.25. The van der Waals surface area contributed by atoms with Crippen LogP contribution in [0.1, 0.15) is 0 Å². The second-order valence-electron chi connectivity index (χ2n) is 5.17. The van der Waals surface area contributed by atoms with Gasteiger partial charge < -0.3 is 4.98 Å². The van der Waals surface area contributed by atoms with Gasteiger partial charge >= 0.3 is 0 Å². The largest absolute Gasteiger partial charge is 0.355 e. The zero-order chi connectivity index (χ0) is 14.8. The van der Waals surface area contributed by atoms with Crippen LogP contribution >= 0.6 is 0 Å². The Labute approximate surface area is 127 Å². The predicted molar refractivity (Wildman–Crippen MR) is 91.9 cm³/mol. The summed E-state index contributed by atoms with van der Waals surface area (Å²) in [6.45, 7) is 0. The van der Waals surface area contributed by atoms with E-state index in [1.54, 1.807) is 0 Å².